The van der Waals surface area contributed by atoms with Crippen molar-refractivity contribution in [2.75, 3.05) is 11.1 Å². The molecule has 0 aliphatic carbocycles. The van der Waals surface area contributed by atoms with E-state index in [0.29, 0.717) is 11.1 Å². The van der Waals surface area contributed by atoms with Crippen molar-refractivity contribution < 1.29 is 9.21 Å². The van der Waals surface area contributed by atoms with E-state index in [1.165, 1.54) is 17.3 Å². The molecule has 0 atom stereocenters. The number of halogens is 1. The van der Waals surface area contributed by atoms with Crippen molar-refractivity contribution in [3.63, 3.8) is 0 Å². The van der Waals surface area contributed by atoms with Crippen LogP contribution in [0.2, 0.25) is 0 Å². The lowest BCUT2D eigenvalue weighted by Gasteiger charge is -2.18. The molecular weight excluding hydrogens is 438 g/mol. The first-order chi connectivity index (χ1) is 13.2. The van der Waals surface area contributed by atoms with Crippen LogP contribution in [0.25, 0.3) is 11.5 Å². The van der Waals surface area contributed by atoms with Crippen molar-refractivity contribution in [3.05, 3.63) is 58.1 Å². The summed E-state index contributed by atoms with van der Waals surface area (Å²) in [5, 5.41) is 11.4. The van der Waals surface area contributed by atoms with E-state index in [0.717, 1.165) is 21.3 Å². The summed E-state index contributed by atoms with van der Waals surface area (Å²) in [5.74, 6) is 0.525. The maximum absolute atomic E-state index is 12.2. The van der Waals surface area contributed by atoms with Crippen molar-refractivity contribution in [3.8, 4) is 11.5 Å². The summed E-state index contributed by atoms with van der Waals surface area (Å²) in [5.41, 5.74) is 3.98. The van der Waals surface area contributed by atoms with Gasteiger partial charge in [-0.3, -0.25) is 4.79 Å². The average molecular weight is 460 g/mol. The predicted octanol–water partition coefficient (Wildman–Crippen LogP) is 5.84. The van der Waals surface area contributed by atoms with Crippen LogP contribution in [0.3, 0.4) is 0 Å². The van der Waals surface area contributed by atoms with Gasteiger partial charge in [0, 0.05) is 15.7 Å². The van der Waals surface area contributed by atoms with Gasteiger partial charge in [-0.25, -0.2) is 0 Å². The summed E-state index contributed by atoms with van der Waals surface area (Å²) in [7, 11) is 0. The number of nitrogens with one attached hydrogen (secondary N) is 1. The quantitative estimate of drug-likeness (QED) is 0.485. The highest BCUT2D eigenvalue weighted by atomic mass is 79.9. The van der Waals surface area contributed by atoms with Gasteiger partial charge in [-0.2, -0.15) is 0 Å². The minimum atomic E-state index is -0.121. The second-order valence-corrected chi connectivity index (χ2v) is 9.34. The molecule has 0 aliphatic rings. The van der Waals surface area contributed by atoms with Gasteiger partial charge in [0.25, 0.3) is 5.22 Å². The average Bonchev–Trinajstić information content (AvgIpc) is 3.11. The van der Waals surface area contributed by atoms with Gasteiger partial charge >= 0.3 is 0 Å². The van der Waals surface area contributed by atoms with E-state index in [2.05, 4.69) is 64.3 Å². The first-order valence-electron chi connectivity index (χ1n) is 8.85. The van der Waals surface area contributed by atoms with E-state index in [4.69, 9.17) is 4.42 Å². The van der Waals surface area contributed by atoms with E-state index >= 15 is 0 Å². The summed E-state index contributed by atoms with van der Waals surface area (Å²) in [6.07, 6.45) is 0. The number of amides is 1. The standard InChI is InChI=1S/C21H22BrN3O2S/c1-13-11-16(22)9-10-17(13)23-18(26)12-28-20-25-24-19(27-20)14-5-7-15(8-6-14)21(2,3)4/h5-11H,12H2,1-4H3,(H,23,26). The summed E-state index contributed by atoms with van der Waals surface area (Å²) in [6.45, 7) is 8.46. The second kappa shape index (κ2) is 8.49. The number of hydrogen-bond donors (Lipinski definition) is 1. The highest BCUT2D eigenvalue weighted by molar-refractivity contribution is 9.10. The fraction of sp³-hybridized carbons (Fsp3) is 0.286. The fourth-order valence-corrected chi connectivity index (χ4v) is 3.62. The van der Waals surface area contributed by atoms with Crippen LogP contribution in [-0.4, -0.2) is 21.9 Å². The van der Waals surface area contributed by atoms with Crippen molar-refractivity contribution >= 4 is 39.3 Å². The third kappa shape index (κ3) is 5.23. The Bertz CT molecular complexity index is 978. The molecule has 2 aromatic carbocycles. The number of aromatic nitrogens is 2. The molecule has 146 valence electrons. The van der Waals surface area contributed by atoms with Gasteiger partial charge in [-0.1, -0.05) is 60.6 Å². The van der Waals surface area contributed by atoms with Gasteiger partial charge in [0.15, 0.2) is 0 Å². The predicted molar refractivity (Wildman–Crippen MR) is 117 cm³/mol. The smallest absolute Gasteiger partial charge is 0.277 e. The number of rotatable bonds is 5. The van der Waals surface area contributed by atoms with E-state index in [9.17, 15) is 4.79 Å². The molecule has 0 spiro atoms. The summed E-state index contributed by atoms with van der Waals surface area (Å²) in [6, 6.07) is 13.8. The molecule has 0 saturated carbocycles. The molecule has 0 fully saturated rings. The largest absolute Gasteiger partial charge is 0.411 e. The Balaban J connectivity index is 1.59. The molecule has 1 amide bonds. The maximum atomic E-state index is 12.2. The minimum Gasteiger partial charge on any atom is -0.411 e. The molecule has 0 unspecified atom stereocenters. The normalized spacial score (nSPS) is 11.5. The van der Waals surface area contributed by atoms with Crippen molar-refractivity contribution in [2.45, 2.75) is 38.3 Å². The van der Waals surface area contributed by atoms with Crippen LogP contribution in [0.15, 0.2) is 56.6 Å². The molecule has 1 heterocycles. The van der Waals surface area contributed by atoms with Crippen LogP contribution in [0.5, 0.6) is 0 Å². The Kier molecular flexibility index (Phi) is 6.25. The van der Waals surface area contributed by atoms with Crippen LogP contribution in [0, 0.1) is 6.92 Å². The highest BCUT2D eigenvalue weighted by Crippen LogP contribution is 2.27. The number of hydrogen-bond acceptors (Lipinski definition) is 5. The zero-order chi connectivity index (χ0) is 20.3. The van der Waals surface area contributed by atoms with Gasteiger partial charge < -0.3 is 9.73 Å². The maximum Gasteiger partial charge on any atom is 0.277 e. The van der Waals surface area contributed by atoms with E-state index in [1.807, 2.05) is 37.3 Å². The van der Waals surface area contributed by atoms with Crippen LogP contribution in [-0.2, 0) is 10.2 Å². The second-order valence-electron chi connectivity index (χ2n) is 7.50. The van der Waals surface area contributed by atoms with Crippen molar-refractivity contribution in [1.82, 2.24) is 10.2 Å². The Morgan fingerprint density at radius 2 is 1.86 bits per heavy atom. The van der Waals surface area contributed by atoms with Gasteiger partial charge in [-0.05, 0) is 53.8 Å². The topological polar surface area (TPSA) is 68.0 Å². The first-order valence-corrected chi connectivity index (χ1v) is 10.6. The molecule has 0 aliphatic heterocycles. The third-order valence-electron chi connectivity index (χ3n) is 4.19. The Hall–Kier alpha value is -2.12. The number of carbonyl (C=O) groups is 1. The number of benzene rings is 2. The van der Waals surface area contributed by atoms with Gasteiger partial charge in [0.1, 0.15) is 0 Å². The number of anilines is 1. The van der Waals surface area contributed by atoms with Crippen LogP contribution in [0.1, 0.15) is 31.9 Å². The Labute approximate surface area is 177 Å². The molecule has 3 aromatic rings. The molecule has 7 heteroatoms. The van der Waals surface area contributed by atoms with E-state index in [1.54, 1.807) is 0 Å². The lowest BCUT2D eigenvalue weighted by Crippen LogP contribution is -2.14. The number of carbonyl (C=O) groups excluding carboxylic acids is 1. The molecule has 1 aromatic heterocycles. The van der Waals surface area contributed by atoms with Crippen molar-refractivity contribution in [1.29, 1.82) is 0 Å². The SMILES string of the molecule is Cc1cc(Br)ccc1NC(=O)CSc1nnc(-c2ccc(C(C)(C)C)cc2)o1. The molecule has 3 rings (SSSR count). The Morgan fingerprint density at radius 1 is 1.14 bits per heavy atom. The van der Waals surface area contributed by atoms with Gasteiger partial charge in [-0.15, -0.1) is 10.2 Å². The molecule has 5 nitrogen and oxygen atoms in total. The monoisotopic (exact) mass is 459 g/mol. The zero-order valence-corrected chi connectivity index (χ0v) is 18.6. The van der Waals surface area contributed by atoms with E-state index in [-0.39, 0.29) is 17.1 Å². The number of aryl methyl sites for hydroxylation is 1. The fourth-order valence-electron chi connectivity index (χ4n) is 2.58. The lowest BCUT2D eigenvalue weighted by molar-refractivity contribution is -0.113. The number of thioether (sulfide) groups is 1. The third-order valence-corrected chi connectivity index (χ3v) is 5.51. The van der Waals surface area contributed by atoms with Crippen LogP contribution < -0.4 is 5.32 Å². The molecule has 28 heavy (non-hydrogen) atoms. The Morgan fingerprint density at radius 3 is 2.50 bits per heavy atom. The first kappa shape index (κ1) is 20.6. The van der Waals surface area contributed by atoms with Crippen LogP contribution >= 0.6 is 27.7 Å². The minimum absolute atomic E-state index is 0.0922. The van der Waals surface area contributed by atoms with E-state index < -0.39 is 0 Å². The summed E-state index contributed by atoms with van der Waals surface area (Å²) >= 11 is 4.63. The summed E-state index contributed by atoms with van der Waals surface area (Å²) < 4.78 is 6.67. The number of nitrogens with zero attached hydrogens (tertiary/aromatic N) is 2. The lowest BCUT2D eigenvalue weighted by atomic mass is 9.87. The molecular formula is C21H22BrN3O2S. The molecule has 1 N–H and O–H groups in total. The van der Waals surface area contributed by atoms with Crippen molar-refractivity contribution in [2.24, 2.45) is 0 Å². The molecule has 0 bridgehead atoms. The van der Waals surface area contributed by atoms with Gasteiger partial charge in [0.05, 0.1) is 5.75 Å². The zero-order valence-electron chi connectivity index (χ0n) is 16.2. The highest BCUT2D eigenvalue weighted by Gasteiger charge is 2.15. The molecule has 0 saturated heterocycles. The van der Waals surface area contributed by atoms with Crippen LogP contribution in [0.4, 0.5) is 5.69 Å². The molecule has 0 radical (unpaired) electrons. The summed E-state index contributed by atoms with van der Waals surface area (Å²) in [4.78, 5) is 12.2. The van der Waals surface area contributed by atoms with Gasteiger partial charge in [0.2, 0.25) is 11.8 Å².